The van der Waals surface area contributed by atoms with E-state index in [4.69, 9.17) is 62.9 Å². The van der Waals surface area contributed by atoms with Gasteiger partial charge in [-0.15, -0.1) is 0 Å². The van der Waals surface area contributed by atoms with Crippen LogP contribution in [-0.2, 0) is 52.1 Å². The van der Waals surface area contributed by atoms with E-state index in [1.807, 2.05) is 90.5 Å². The molecule has 10 atom stereocenters. The van der Waals surface area contributed by atoms with Crippen LogP contribution in [0.2, 0.25) is 0 Å². The van der Waals surface area contributed by atoms with Gasteiger partial charge in [0.1, 0.15) is 0 Å². The van der Waals surface area contributed by atoms with E-state index in [1.54, 1.807) is 14.2 Å². The second kappa shape index (κ2) is 49.8. The molecule has 18 nitrogen and oxygen atoms in total. The standard InChI is InChI=1S/2C10H21NO3.C9H19NO2.C9H21NO2.2C8H19NO/c1-7(2)14-10-5-9(12-4)8(11-3)6-13-10;1-6(2)13-9-5-8(12-4)10(11)7(3)14-9;1-7(2)12-9-5-4-8(10-3)6-11-9;1-8(2)12-5-4-9(7-11)6-10-3;1-8(2)10-7-5-6-9(3)4;1-8(2)10-7-5-4-6-9-3/h7-11H,5-6H2,1-4H3;6-10H,5,11H2,1-4H3;7-10H,4-6H2,1-3H3;8-11H,4-7H2,1-3H3;8H,5-7H2,1-4H3;8-9H,4-7H2,1-3H3/t8?,9-,10+;7-,8-,9-,10?;8?,9-;9-;;/m0011../s1. The number of ether oxygens (including phenoxy) is 11. The summed E-state index contributed by atoms with van der Waals surface area (Å²) >= 11 is 0. The lowest BCUT2D eigenvalue weighted by Gasteiger charge is -2.38. The molecule has 7 N–H and O–H groups in total. The maximum atomic E-state index is 8.93. The lowest BCUT2D eigenvalue weighted by atomic mass is 10.0. The molecule has 0 aromatic heterocycles. The molecule has 438 valence electrons. The molecule has 0 bridgehead atoms. The topological polar surface area (TPSA) is 199 Å². The molecule has 18 heteroatoms. The Morgan fingerprint density at radius 1 is 0.611 bits per heavy atom. The fourth-order valence-electron chi connectivity index (χ4n) is 7.15. The van der Waals surface area contributed by atoms with E-state index < -0.39 is 0 Å². The minimum atomic E-state index is -0.185. The number of nitrogens with one attached hydrogen (secondary N) is 4. The van der Waals surface area contributed by atoms with Gasteiger partial charge in [0.2, 0.25) is 0 Å². The normalized spacial score (nSPS) is 24.7. The number of nitrogens with zero attached hydrogens (tertiary/aromatic N) is 1. The molecule has 0 amide bonds. The summed E-state index contributed by atoms with van der Waals surface area (Å²) < 4.78 is 60.2. The van der Waals surface area contributed by atoms with E-state index in [0.29, 0.717) is 43.3 Å². The molecular formula is C54H120N6O12. The Balaban J connectivity index is -0.000000798. The Morgan fingerprint density at radius 2 is 1.12 bits per heavy atom. The van der Waals surface area contributed by atoms with Crippen LogP contribution in [-0.4, -0.2) is 218 Å². The summed E-state index contributed by atoms with van der Waals surface area (Å²) in [5.41, 5.74) is 5.92. The molecule has 0 aromatic carbocycles. The largest absolute Gasteiger partial charge is 0.396 e. The zero-order valence-corrected chi connectivity index (χ0v) is 50.2. The minimum Gasteiger partial charge on any atom is -0.396 e. The number of nitrogens with two attached hydrogens (primary N) is 1. The van der Waals surface area contributed by atoms with Crippen molar-refractivity contribution in [3.8, 4) is 0 Å². The van der Waals surface area contributed by atoms with Crippen molar-refractivity contribution in [1.29, 1.82) is 0 Å². The number of methoxy groups -OCH3 is 2. The van der Waals surface area contributed by atoms with Crippen molar-refractivity contribution in [3.63, 3.8) is 0 Å². The van der Waals surface area contributed by atoms with Gasteiger partial charge in [-0.25, -0.2) is 0 Å². The van der Waals surface area contributed by atoms with E-state index in [0.717, 1.165) is 78.2 Å². The Bertz CT molecular complexity index is 1090. The summed E-state index contributed by atoms with van der Waals surface area (Å²) in [5, 5.41) is 21.4. The van der Waals surface area contributed by atoms with Gasteiger partial charge in [0.25, 0.3) is 0 Å². The number of rotatable bonds is 28. The second-order valence-corrected chi connectivity index (χ2v) is 20.5. The summed E-state index contributed by atoms with van der Waals surface area (Å²) in [6.07, 6.45) is 9.67. The van der Waals surface area contributed by atoms with Crippen molar-refractivity contribution >= 4 is 0 Å². The van der Waals surface area contributed by atoms with Crippen molar-refractivity contribution in [1.82, 2.24) is 26.2 Å². The number of hydrogen-bond donors (Lipinski definition) is 6. The number of unbranched alkanes of at least 4 members (excludes halogenated alkanes) is 1. The summed E-state index contributed by atoms with van der Waals surface area (Å²) in [7, 11) is 15.3. The predicted octanol–water partition coefficient (Wildman–Crippen LogP) is 6.19. The lowest BCUT2D eigenvalue weighted by Crippen LogP contribution is -2.53. The zero-order valence-electron chi connectivity index (χ0n) is 50.2. The van der Waals surface area contributed by atoms with E-state index in [1.165, 1.54) is 12.8 Å². The molecule has 3 rings (SSSR count). The van der Waals surface area contributed by atoms with E-state index in [-0.39, 0.29) is 74.2 Å². The maximum Gasteiger partial charge on any atom is 0.160 e. The second-order valence-electron chi connectivity index (χ2n) is 20.5. The highest BCUT2D eigenvalue weighted by Gasteiger charge is 2.35. The van der Waals surface area contributed by atoms with Gasteiger partial charge in [0, 0.05) is 59.5 Å². The average Bonchev–Trinajstić information content (AvgIpc) is 3.31. The molecular weight excluding hydrogens is 925 g/mol. The van der Waals surface area contributed by atoms with Gasteiger partial charge in [-0.1, -0.05) is 0 Å². The number of aliphatic hydroxyl groups is 1. The van der Waals surface area contributed by atoms with E-state index in [2.05, 4.69) is 68.0 Å². The van der Waals surface area contributed by atoms with Gasteiger partial charge in [-0.3, -0.25) is 0 Å². The third-order valence-corrected chi connectivity index (χ3v) is 11.2. The smallest absolute Gasteiger partial charge is 0.160 e. The van der Waals surface area contributed by atoms with Gasteiger partial charge in [-0.05, 0) is 196 Å². The van der Waals surface area contributed by atoms with E-state index >= 15 is 0 Å². The fraction of sp³-hybridized carbons (Fsp3) is 1.00. The number of likely N-dealkylation sites (N-methyl/N-ethyl adjacent to an activating group) is 2. The SMILES string of the molecule is CC(C)OCCCN(C)C.CNC1CC[C@@H](OC(C)C)OC1.CNC1CO[C@H](OC(C)C)C[C@@H]1OC.CNCCCCOC(C)C.CNC[C@H](CO)CCOC(C)C.CO[C@H]1C[C@@H](OC(C)C)O[C@@H](C)C1N. The average molecular weight is 1050 g/mol. The first-order chi connectivity index (χ1) is 34.0. The number of aliphatic hydroxyl groups excluding tert-OH is 1. The Morgan fingerprint density at radius 3 is 1.57 bits per heavy atom. The van der Waals surface area contributed by atoms with Gasteiger partial charge < -0.3 is 89.1 Å². The quantitative estimate of drug-likeness (QED) is 0.0485. The molecule has 72 heavy (non-hydrogen) atoms. The summed E-state index contributed by atoms with van der Waals surface area (Å²) in [5.74, 6) is 0.328. The first kappa shape index (κ1) is 75.5. The molecule has 3 heterocycles. The first-order valence-corrected chi connectivity index (χ1v) is 27.4. The van der Waals surface area contributed by atoms with Crippen molar-refractivity contribution in [2.24, 2.45) is 11.7 Å². The third-order valence-electron chi connectivity index (χ3n) is 11.2. The highest BCUT2D eigenvalue weighted by Crippen LogP contribution is 2.23. The van der Waals surface area contributed by atoms with Crippen LogP contribution in [0, 0.1) is 5.92 Å². The van der Waals surface area contributed by atoms with Crippen LogP contribution in [0.3, 0.4) is 0 Å². The fourth-order valence-corrected chi connectivity index (χ4v) is 7.15. The Kier molecular flexibility index (Phi) is 52.3. The van der Waals surface area contributed by atoms with Crippen LogP contribution in [0.4, 0.5) is 0 Å². The molecule has 3 aliphatic rings. The van der Waals surface area contributed by atoms with Gasteiger partial charge in [0.15, 0.2) is 18.9 Å². The van der Waals surface area contributed by atoms with Crippen LogP contribution < -0.4 is 27.0 Å². The van der Waals surface area contributed by atoms with Crippen LogP contribution in [0.5, 0.6) is 0 Å². The van der Waals surface area contributed by atoms with Crippen LogP contribution in [0.1, 0.15) is 141 Å². The minimum absolute atomic E-state index is 0.0163. The van der Waals surface area contributed by atoms with E-state index in [9.17, 15) is 0 Å². The Hall–Kier alpha value is -0.720. The third kappa shape index (κ3) is 46.6. The van der Waals surface area contributed by atoms with Crippen LogP contribution in [0.25, 0.3) is 0 Å². The predicted molar refractivity (Wildman–Crippen MR) is 295 cm³/mol. The van der Waals surface area contributed by atoms with Crippen molar-refractivity contribution in [3.05, 3.63) is 0 Å². The lowest BCUT2D eigenvalue weighted by molar-refractivity contribution is -0.232. The highest BCUT2D eigenvalue weighted by atomic mass is 16.7. The highest BCUT2D eigenvalue weighted by molar-refractivity contribution is 4.85. The van der Waals surface area contributed by atoms with Gasteiger partial charge in [0.05, 0.1) is 80.2 Å². The van der Waals surface area contributed by atoms with Crippen molar-refractivity contribution < 1.29 is 57.2 Å². The Labute approximate surface area is 442 Å². The van der Waals surface area contributed by atoms with Gasteiger partial charge in [-0.2, -0.15) is 0 Å². The van der Waals surface area contributed by atoms with Crippen molar-refractivity contribution in [2.45, 2.75) is 233 Å². The van der Waals surface area contributed by atoms with Crippen molar-refractivity contribution in [2.75, 3.05) is 116 Å². The maximum absolute atomic E-state index is 8.93. The molecule has 0 aliphatic carbocycles. The molecule has 3 fully saturated rings. The molecule has 0 spiro atoms. The zero-order chi connectivity index (χ0) is 55.4. The van der Waals surface area contributed by atoms with Crippen LogP contribution in [0.15, 0.2) is 0 Å². The number of hydrogen-bond acceptors (Lipinski definition) is 18. The first-order valence-electron chi connectivity index (χ1n) is 27.4. The molecule has 3 aliphatic heterocycles. The molecule has 0 radical (unpaired) electrons. The summed E-state index contributed by atoms with van der Waals surface area (Å²) in [6, 6.07) is 0.719. The molecule has 0 aromatic rings. The molecule has 0 saturated carbocycles. The summed E-state index contributed by atoms with van der Waals surface area (Å²) in [4.78, 5) is 2.17. The molecule has 3 saturated heterocycles. The monoisotopic (exact) mass is 1040 g/mol. The van der Waals surface area contributed by atoms with Crippen LogP contribution >= 0.6 is 0 Å². The summed E-state index contributed by atoms with van der Waals surface area (Å²) in [6.45, 7) is 33.6. The molecule has 3 unspecified atom stereocenters. The van der Waals surface area contributed by atoms with Gasteiger partial charge >= 0.3 is 0 Å².